The average molecular weight is 338 g/mol. The van der Waals surface area contributed by atoms with Gasteiger partial charge in [-0.1, -0.05) is 0 Å². The van der Waals surface area contributed by atoms with Gasteiger partial charge in [-0.2, -0.15) is 0 Å². The van der Waals surface area contributed by atoms with Crippen LogP contribution in [-0.4, -0.2) is 48.9 Å². The number of urea groups is 1. The zero-order chi connectivity index (χ0) is 18.1. The minimum atomic E-state index is -0.565. The summed E-state index contributed by atoms with van der Waals surface area (Å²) >= 11 is 0. The van der Waals surface area contributed by atoms with Crippen molar-refractivity contribution in [2.75, 3.05) is 25.5 Å². The molecule has 0 saturated heterocycles. The fourth-order valence-electron chi connectivity index (χ4n) is 1.93. The zero-order valence-corrected chi connectivity index (χ0v) is 14.1. The van der Waals surface area contributed by atoms with E-state index in [0.717, 1.165) is 0 Å². The second-order valence-electron chi connectivity index (χ2n) is 5.50. The van der Waals surface area contributed by atoms with Gasteiger partial charge in [-0.25, -0.2) is 9.18 Å². The van der Waals surface area contributed by atoms with E-state index < -0.39 is 11.9 Å². The second kappa shape index (κ2) is 9.61. The minimum absolute atomic E-state index is 0.0387. The summed E-state index contributed by atoms with van der Waals surface area (Å²) in [5.41, 5.74) is 0.502. The summed E-state index contributed by atoms with van der Waals surface area (Å²) in [6.07, 6.45) is 0.0927. The van der Waals surface area contributed by atoms with Crippen molar-refractivity contribution >= 4 is 23.5 Å². The summed E-state index contributed by atoms with van der Waals surface area (Å²) in [6.45, 7) is 4.23. The third-order valence-corrected chi connectivity index (χ3v) is 3.31. The molecule has 8 heteroatoms. The van der Waals surface area contributed by atoms with Crippen LogP contribution >= 0.6 is 0 Å². The Balaban J connectivity index is 2.50. The van der Waals surface area contributed by atoms with Crippen molar-refractivity contribution in [1.82, 2.24) is 15.5 Å². The Bertz CT molecular complexity index is 575. The van der Waals surface area contributed by atoms with Gasteiger partial charge in [0.25, 0.3) is 0 Å². The van der Waals surface area contributed by atoms with Gasteiger partial charge in [0.15, 0.2) is 0 Å². The van der Waals surface area contributed by atoms with Crippen molar-refractivity contribution in [1.29, 1.82) is 0 Å². The number of halogens is 1. The number of carbonyl (C=O) groups is 3. The van der Waals surface area contributed by atoms with Crippen molar-refractivity contribution in [3.63, 3.8) is 0 Å². The summed E-state index contributed by atoms with van der Waals surface area (Å²) in [5, 5.41) is 7.14. The molecule has 0 unspecified atom stereocenters. The molecule has 24 heavy (non-hydrogen) atoms. The molecule has 1 aromatic rings. The Morgan fingerprint density at radius 2 is 1.75 bits per heavy atom. The number of nitrogens with zero attached hydrogens (tertiary/aromatic N) is 1. The molecule has 4 amide bonds. The molecule has 132 valence electrons. The molecule has 0 bridgehead atoms. The second-order valence-corrected chi connectivity index (χ2v) is 5.50. The van der Waals surface area contributed by atoms with Crippen LogP contribution in [-0.2, 0) is 9.59 Å². The molecule has 0 aliphatic carbocycles. The minimum Gasteiger partial charge on any atom is -0.341 e. The first-order valence-electron chi connectivity index (χ1n) is 7.63. The van der Waals surface area contributed by atoms with E-state index >= 15 is 0 Å². The van der Waals surface area contributed by atoms with E-state index in [0.29, 0.717) is 12.2 Å². The Morgan fingerprint density at radius 3 is 2.29 bits per heavy atom. The molecule has 0 fully saturated rings. The van der Waals surface area contributed by atoms with Crippen molar-refractivity contribution < 1.29 is 18.8 Å². The van der Waals surface area contributed by atoms with Gasteiger partial charge in [-0.15, -0.1) is 0 Å². The van der Waals surface area contributed by atoms with E-state index in [-0.39, 0.29) is 30.7 Å². The zero-order valence-electron chi connectivity index (χ0n) is 14.1. The quantitative estimate of drug-likeness (QED) is 0.699. The molecule has 0 heterocycles. The van der Waals surface area contributed by atoms with Crippen molar-refractivity contribution in [2.24, 2.45) is 0 Å². The van der Waals surface area contributed by atoms with E-state index in [9.17, 15) is 18.8 Å². The maximum Gasteiger partial charge on any atom is 0.321 e. The van der Waals surface area contributed by atoms with E-state index in [1.165, 1.54) is 31.3 Å². The molecule has 3 N–H and O–H groups in total. The highest BCUT2D eigenvalue weighted by molar-refractivity contribution is 5.94. The van der Waals surface area contributed by atoms with Crippen LogP contribution < -0.4 is 16.0 Å². The molecule has 7 nitrogen and oxygen atoms in total. The third-order valence-electron chi connectivity index (χ3n) is 3.31. The molecule has 1 aromatic carbocycles. The summed E-state index contributed by atoms with van der Waals surface area (Å²) in [5.74, 6) is -1.06. The van der Waals surface area contributed by atoms with Gasteiger partial charge >= 0.3 is 6.03 Å². The monoisotopic (exact) mass is 338 g/mol. The molecule has 0 radical (unpaired) electrons. The lowest BCUT2D eigenvalue weighted by Crippen LogP contribution is -2.42. The number of benzene rings is 1. The highest BCUT2D eigenvalue weighted by Gasteiger charge is 2.16. The fraction of sp³-hybridized carbons (Fsp3) is 0.438. The Labute approximate surface area is 140 Å². The van der Waals surface area contributed by atoms with Gasteiger partial charge in [0.1, 0.15) is 5.82 Å². The van der Waals surface area contributed by atoms with Crippen LogP contribution in [0, 0.1) is 5.82 Å². The van der Waals surface area contributed by atoms with E-state index in [2.05, 4.69) is 16.0 Å². The number of anilines is 1. The molecule has 1 rings (SSSR count). The maximum absolute atomic E-state index is 12.8. The highest BCUT2D eigenvalue weighted by atomic mass is 19.1. The summed E-state index contributed by atoms with van der Waals surface area (Å²) in [7, 11) is 1.42. The van der Waals surface area contributed by atoms with Crippen LogP contribution in [0.15, 0.2) is 24.3 Å². The van der Waals surface area contributed by atoms with E-state index in [4.69, 9.17) is 0 Å². The predicted molar refractivity (Wildman–Crippen MR) is 89.0 cm³/mol. The Morgan fingerprint density at radius 1 is 1.12 bits per heavy atom. The summed E-state index contributed by atoms with van der Waals surface area (Å²) < 4.78 is 12.8. The highest BCUT2D eigenvalue weighted by Crippen LogP contribution is 2.09. The van der Waals surface area contributed by atoms with Gasteiger partial charge in [0.05, 0.1) is 6.54 Å². The number of carbonyl (C=O) groups excluding carboxylic acids is 3. The summed E-state index contributed by atoms with van der Waals surface area (Å²) in [6, 6.07) is 4.95. The largest absolute Gasteiger partial charge is 0.341 e. The molecule has 0 saturated carbocycles. The van der Waals surface area contributed by atoms with Crippen molar-refractivity contribution in [2.45, 2.75) is 26.3 Å². The normalized spacial score (nSPS) is 10.6. The first-order chi connectivity index (χ1) is 11.3. The SMILES string of the molecule is CNC(=O)NC(=O)CCN(CC(=O)Nc1ccc(F)cc1)C(C)C. The molecule has 0 aliphatic rings. The van der Waals surface area contributed by atoms with Gasteiger partial charge in [0, 0.05) is 31.7 Å². The number of hydrogen-bond donors (Lipinski definition) is 3. The lowest BCUT2D eigenvalue weighted by Gasteiger charge is -2.25. The molecule has 0 atom stereocenters. The van der Waals surface area contributed by atoms with Crippen LogP contribution in [0.25, 0.3) is 0 Å². The first kappa shape index (κ1) is 19.6. The standard InChI is InChI=1S/C16H23FN4O3/c1-11(2)21(9-8-14(22)20-16(24)18-3)10-15(23)19-13-6-4-12(17)5-7-13/h4-7,11H,8-10H2,1-3H3,(H,19,23)(H2,18,20,22,24). The predicted octanol–water partition coefficient (Wildman–Crippen LogP) is 1.32. The fourth-order valence-corrected chi connectivity index (χ4v) is 1.93. The molecular weight excluding hydrogens is 315 g/mol. The number of imide groups is 1. The maximum atomic E-state index is 12.8. The van der Waals surface area contributed by atoms with Crippen molar-refractivity contribution in [3.8, 4) is 0 Å². The summed E-state index contributed by atoms with van der Waals surface area (Å²) in [4.78, 5) is 36.5. The van der Waals surface area contributed by atoms with Crippen LogP contribution in [0.4, 0.5) is 14.9 Å². The van der Waals surface area contributed by atoms with E-state index in [1.54, 1.807) is 0 Å². The van der Waals surface area contributed by atoms with Gasteiger partial charge < -0.3 is 10.6 Å². The smallest absolute Gasteiger partial charge is 0.321 e. The van der Waals surface area contributed by atoms with Crippen LogP contribution in [0.3, 0.4) is 0 Å². The van der Waals surface area contributed by atoms with Gasteiger partial charge in [-0.3, -0.25) is 19.8 Å². The van der Waals surface area contributed by atoms with Crippen LogP contribution in [0.1, 0.15) is 20.3 Å². The third kappa shape index (κ3) is 7.19. The topological polar surface area (TPSA) is 90.5 Å². The van der Waals surface area contributed by atoms with Gasteiger partial charge in [0.2, 0.25) is 11.8 Å². The number of nitrogens with one attached hydrogen (secondary N) is 3. The number of rotatable bonds is 7. The lowest BCUT2D eigenvalue weighted by molar-refractivity contribution is -0.122. The van der Waals surface area contributed by atoms with E-state index in [1.807, 2.05) is 18.7 Å². The number of hydrogen-bond acceptors (Lipinski definition) is 4. The van der Waals surface area contributed by atoms with Crippen LogP contribution in [0.5, 0.6) is 0 Å². The average Bonchev–Trinajstić information content (AvgIpc) is 2.53. The molecule has 0 aromatic heterocycles. The van der Waals surface area contributed by atoms with Crippen molar-refractivity contribution in [3.05, 3.63) is 30.1 Å². The molecular formula is C16H23FN4O3. The van der Waals surface area contributed by atoms with Gasteiger partial charge in [-0.05, 0) is 38.1 Å². The molecule has 0 spiro atoms. The Hall–Kier alpha value is -2.48. The lowest BCUT2D eigenvalue weighted by atomic mass is 10.2. The number of amides is 4. The first-order valence-corrected chi connectivity index (χ1v) is 7.63. The Kier molecular flexibility index (Phi) is 7.84. The van der Waals surface area contributed by atoms with Crippen LogP contribution in [0.2, 0.25) is 0 Å². The molecule has 0 aliphatic heterocycles.